The Bertz CT molecular complexity index is 866. The molecular formula is C25H31Cl2FN2O2. The zero-order valence-corrected chi connectivity index (χ0v) is 20.2. The van der Waals surface area contributed by atoms with E-state index in [1.165, 1.54) is 12.1 Å². The van der Waals surface area contributed by atoms with Gasteiger partial charge < -0.3 is 14.5 Å². The number of carbonyl (C=O) groups is 1. The Balaban J connectivity index is 1.69. The number of hydrogen-bond acceptors (Lipinski definition) is 3. The van der Waals surface area contributed by atoms with E-state index in [2.05, 4.69) is 4.90 Å². The maximum atomic E-state index is 13.5. The van der Waals surface area contributed by atoms with Crippen molar-refractivity contribution in [1.82, 2.24) is 9.80 Å². The summed E-state index contributed by atoms with van der Waals surface area (Å²) in [5.41, 5.74) is 1.91. The van der Waals surface area contributed by atoms with Gasteiger partial charge in [0.1, 0.15) is 5.82 Å². The molecule has 0 aliphatic carbocycles. The highest BCUT2D eigenvalue weighted by molar-refractivity contribution is 6.34. The smallest absolute Gasteiger partial charge is 0.223 e. The van der Waals surface area contributed by atoms with Crippen LogP contribution in [0.4, 0.5) is 4.39 Å². The van der Waals surface area contributed by atoms with E-state index in [1.807, 2.05) is 24.3 Å². The predicted octanol–water partition coefficient (Wildman–Crippen LogP) is 5.62. The summed E-state index contributed by atoms with van der Waals surface area (Å²) in [7, 11) is 3.52. The number of nitrogens with zero attached hydrogens (tertiary/aromatic N) is 2. The number of benzene rings is 2. The minimum Gasteiger partial charge on any atom is -0.383 e. The normalized spacial score (nSPS) is 16.2. The standard InChI is InChI=1S/C25H31Cl2FN2O2/c1-29(17-18-13-21(26)15-22(27)14-18)25(31)16-24(19-3-5-23(28)6-4-19)20-7-9-30(10-8-20)11-12-32-2/h3-6,13-15,20,24H,7-12,16-17H2,1-2H3. The summed E-state index contributed by atoms with van der Waals surface area (Å²) in [6, 6.07) is 11.9. The van der Waals surface area contributed by atoms with Crippen LogP contribution in [0.2, 0.25) is 10.0 Å². The van der Waals surface area contributed by atoms with Gasteiger partial charge in [-0.3, -0.25) is 4.79 Å². The largest absolute Gasteiger partial charge is 0.383 e. The van der Waals surface area contributed by atoms with Gasteiger partial charge in [0.2, 0.25) is 5.91 Å². The van der Waals surface area contributed by atoms with Gasteiger partial charge in [0.15, 0.2) is 0 Å². The van der Waals surface area contributed by atoms with E-state index in [0.717, 1.165) is 50.2 Å². The summed E-state index contributed by atoms with van der Waals surface area (Å²) in [5, 5.41) is 1.11. The molecule has 1 saturated heterocycles. The lowest BCUT2D eigenvalue weighted by Crippen LogP contribution is -2.38. The maximum absolute atomic E-state index is 13.5. The van der Waals surface area contributed by atoms with Crippen LogP contribution < -0.4 is 0 Å². The Kier molecular flexibility index (Phi) is 9.35. The molecular weight excluding hydrogens is 450 g/mol. The topological polar surface area (TPSA) is 32.8 Å². The van der Waals surface area contributed by atoms with Gasteiger partial charge in [-0.1, -0.05) is 35.3 Å². The lowest BCUT2D eigenvalue weighted by atomic mass is 9.78. The van der Waals surface area contributed by atoms with Crippen molar-refractivity contribution < 1.29 is 13.9 Å². The minimum atomic E-state index is -0.261. The number of likely N-dealkylation sites (tertiary alicyclic amines) is 1. The van der Waals surface area contributed by atoms with Crippen molar-refractivity contribution >= 4 is 29.1 Å². The van der Waals surface area contributed by atoms with Crippen LogP contribution in [0, 0.1) is 11.7 Å². The minimum absolute atomic E-state index is 0.0530. The van der Waals surface area contributed by atoms with E-state index >= 15 is 0 Å². The number of methoxy groups -OCH3 is 1. The Labute approximate surface area is 200 Å². The first-order chi connectivity index (χ1) is 15.4. The second-order valence-electron chi connectivity index (χ2n) is 8.56. The molecule has 2 aromatic carbocycles. The van der Waals surface area contributed by atoms with Gasteiger partial charge in [-0.05, 0) is 79.2 Å². The van der Waals surface area contributed by atoms with Crippen LogP contribution in [-0.4, -0.2) is 56.1 Å². The molecule has 0 spiro atoms. The van der Waals surface area contributed by atoms with Gasteiger partial charge >= 0.3 is 0 Å². The number of hydrogen-bond donors (Lipinski definition) is 0. The van der Waals surface area contributed by atoms with Crippen LogP contribution in [-0.2, 0) is 16.1 Å². The first-order valence-corrected chi connectivity index (χ1v) is 11.8. The molecule has 1 amide bonds. The highest BCUT2D eigenvalue weighted by atomic mass is 35.5. The van der Waals surface area contributed by atoms with Crippen molar-refractivity contribution in [2.75, 3.05) is 40.4 Å². The first-order valence-electron chi connectivity index (χ1n) is 11.0. The fourth-order valence-electron chi connectivity index (χ4n) is 4.47. The maximum Gasteiger partial charge on any atom is 0.223 e. The van der Waals surface area contributed by atoms with Gasteiger partial charge in [-0.25, -0.2) is 4.39 Å². The molecule has 3 rings (SSSR count). The highest BCUT2D eigenvalue weighted by Gasteiger charge is 2.30. The molecule has 4 nitrogen and oxygen atoms in total. The van der Waals surface area contributed by atoms with Crippen molar-refractivity contribution in [2.45, 2.75) is 31.7 Å². The molecule has 1 aliphatic rings. The van der Waals surface area contributed by atoms with E-state index in [0.29, 0.717) is 28.9 Å². The molecule has 174 valence electrons. The van der Waals surface area contributed by atoms with Crippen molar-refractivity contribution in [2.24, 2.45) is 5.92 Å². The average Bonchev–Trinajstić information content (AvgIpc) is 2.76. The van der Waals surface area contributed by atoms with E-state index in [4.69, 9.17) is 27.9 Å². The van der Waals surface area contributed by atoms with Crippen molar-refractivity contribution in [3.8, 4) is 0 Å². The summed E-state index contributed by atoms with van der Waals surface area (Å²) < 4.78 is 18.7. The van der Waals surface area contributed by atoms with Crippen LogP contribution in [0.25, 0.3) is 0 Å². The molecule has 32 heavy (non-hydrogen) atoms. The number of amides is 1. The molecule has 0 radical (unpaired) electrons. The zero-order chi connectivity index (χ0) is 23.1. The molecule has 0 N–H and O–H groups in total. The first kappa shape index (κ1) is 25.0. The fraction of sp³-hybridized carbons (Fsp3) is 0.480. The number of piperidine rings is 1. The molecule has 1 fully saturated rings. The Morgan fingerprint density at radius 3 is 2.38 bits per heavy atom. The van der Waals surface area contributed by atoms with E-state index in [9.17, 15) is 9.18 Å². The SMILES string of the molecule is COCCN1CCC(C(CC(=O)N(C)Cc2cc(Cl)cc(Cl)c2)c2ccc(F)cc2)CC1. The lowest BCUT2D eigenvalue weighted by molar-refractivity contribution is -0.131. The Morgan fingerprint density at radius 1 is 1.16 bits per heavy atom. The predicted molar refractivity (Wildman–Crippen MR) is 128 cm³/mol. The average molecular weight is 481 g/mol. The molecule has 1 unspecified atom stereocenters. The number of rotatable bonds is 9. The highest BCUT2D eigenvalue weighted by Crippen LogP contribution is 2.36. The molecule has 0 aromatic heterocycles. The summed E-state index contributed by atoms with van der Waals surface area (Å²) in [6.45, 7) is 4.05. The number of halogens is 3. The molecule has 0 saturated carbocycles. The second kappa shape index (κ2) is 12.0. The van der Waals surface area contributed by atoms with E-state index in [1.54, 1.807) is 25.1 Å². The lowest BCUT2D eigenvalue weighted by Gasteiger charge is -2.36. The third-order valence-corrected chi connectivity index (χ3v) is 6.71. The Hall–Kier alpha value is -1.66. The van der Waals surface area contributed by atoms with E-state index in [-0.39, 0.29) is 17.6 Å². The van der Waals surface area contributed by atoms with Crippen LogP contribution >= 0.6 is 23.2 Å². The number of ether oxygens (including phenoxy) is 1. The summed E-state index contributed by atoms with van der Waals surface area (Å²) >= 11 is 12.2. The molecule has 2 aromatic rings. The molecule has 1 heterocycles. The van der Waals surface area contributed by atoms with Crippen molar-refractivity contribution in [3.05, 3.63) is 69.5 Å². The van der Waals surface area contributed by atoms with Gasteiger partial charge in [-0.15, -0.1) is 0 Å². The molecule has 1 aliphatic heterocycles. The second-order valence-corrected chi connectivity index (χ2v) is 9.43. The molecule has 1 atom stereocenters. The van der Waals surface area contributed by atoms with Crippen molar-refractivity contribution in [3.63, 3.8) is 0 Å². The monoisotopic (exact) mass is 480 g/mol. The zero-order valence-electron chi connectivity index (χ0n) is 18.7. The van der Waals surface area contributed by atoms with E-state index < -0.39 is 0 Å². The van der Waals surface area contributed by atoms with Gasteiger partial charge in [0, 0.05) is 43.7 Å². The van der Waals surface area contributed by atoms with Crippen LogP contribution in [0.5, 0.6) is 0 Å². The van der Waals surface area contributed by atoms with Crippen LogP contribution in [0.1, 0.15) is 36.3 Å². The molecule has 7 heteroatoms. The summed E-state index contributed by atoms with van der Waals surface area (Å²) in [5.74, 6) is 0.218. The Morgan fingerprint density at radius 2 is 1.78 bits per heavy atom. The molecule has 0 bridgehead atoms. The summed E-state index contributed by atoms with van der Waals surface area (Å²) in [4.78, 5) is 17.3. The van der Waals surface area contributed by atoms with Crippen LogP contribution in [0.3, 0.4) is 0 Å². The fourth-order valence-corrected chi connectivity index (χ4v) is 5.05. The van der Waals surface area contributed by atoms with Gasteiger partial charge in [0.25, 0.3) is 0 Å². The summed E-state index contributed by atoms with van der Waals surface area (Å²) in [6.07, 6.45) is 2.40. The third kappa shape index (κ3) is 7.17. The third-order valence-electron chi connectivity index (χ3n) is 6.27. The van der Waals surface area contributed by atoms with Gasteiger partial charge in [-0.2, -0.15) is 0 Å². The quantitative estimate of drug-likeness (QED) is 0.466. The van der Waals surface area contributed by atoms with Crippen LogP contribution in [0.15, 0.2) is 42.5 Å². The number of carbonyl (C=O) groups excluding carboxylic acids is 1. The van der Waals surface area contributed by atoms with Crippen molar-refractivity contribution in [1.29, 1.82) is 0 Å². The van der Waals surface area contributed by atoms with Gasteiger partial charge in [0.05, 0.1) is 6.61 Å².